The van der Waals surface area contributed by atoms with Crippen molar-refractivity contribution >= 4 is 21.8 Å². The molecule has 3 N–H and O–H groups in total. The van der Waals surface area contributed by atoms with E-state index in [1.54, 1.807) is 18.2 Å². The van der Waals surface area contributed by atoms with Gasteiger partial charge in [0.15, 0.2) is 0 Å². The number of nitrogens with one attached hydrogen (secondary N) is 1. The highest BCUT2D eigenvalue weighted by Gasteiger charge is 2.19. The van der Waals surface area contributed by atoms with Gasteiger partial charge in [-0.3, -0.25) is 4.79 Å². The molecule has 2 aromatic rings. The van der Waals surface area contributed by atoms with Gasteiger partial charge in [-0.25, -0.2) is 4.39 Å². The van der Waals surface area contributed by atoms with Crippen molar-refractivity contribution in [2.24, 2.45) is 0 Å². The maximum Gasteiger partial charge on any atom is 0.255 e. The van der Waals surface area contributed by atoms with E-state index in [4.69, 9.17) is 9.47 Å². The minimum atomic E-state index is -1.09. The summed E-state index contributed by atoms with van der Waals surface area (Å²) in [6, 6.07) is 6.85. The van der Waals surface area contributed by atoms with Gasteiger partial charge in [0.2, 0.25) is 0 Å². The average molecular weight is 414 g/mol. The number of aliphatic hydroxyl groups excluding tert-OH is 1. The highest BCUT2D eigenvalue weighted by Crippen LogP contribution is 2.30. The Bertz CT molecular complexity index is 784. The maximum atomic E-state index is 13.4. The van der Waals surface area contributed by atoms with Gasteiger partial charge in [0, 0.05) is 12.1 Å². The first-order valence-electron chi connectivity index (χ1n) is 7.23. The molecule has 8 heteroatoms. The predicted octanol–water partition coefficient (Wildman–Crippen LogP) is 2.77. The van der Waals surface area contributed by atoms with Crippen LogP contribution in [-0.2, 0) is 0 Å². The number of carbonyl (C=O) groups is 1. The Balaban J connectivity index is 2.15. The zero-order chi connectivity index (χ0) is 18.6. The van der Waals surface area contributed by atoms with Crippen LogP contribution in [0.2, 0.25) is 0 Å². The molecule has 0 heterocycles. The van der Waals surface area contributed by atoms with Gasteiger partial charge in [-0.05, 0) is 46.3 Å². The van der Waals surface area contributed by atoms with Crippen LogP contribution in [0.3, 0.4) is 0 Å². The molecular formula is C17H17BrFNO5. The standard InChI is InChI=1S/C17H17BrFNO5/c1-24-10-3-4-15(25-2)11(7-10)14(21)8-20-17(23)12-5-9(19)6-13(18)16(12)22/h3-7,14,21-22H,8H2,1-2H3,(H,20,23). The van der Waals surface area contributed by atoms with Crippen LogP contribution in [0.1, 0.15) is 22.0 Å². The third kappa shape index (κ3) is 4.40. The fourth-order valence-corrected chi connectivity index (χ4v) is 2.67. The Morgan fingerprint density at radius 2 is 2.00 bits per heavy atom. The molecule has 0 aliphatic heterocycles. The molecule has 25 heavy (non-hydrogen) atoms. The van der Waals surface area contributed by atoms with Gasteiger partial charge >= 0.3 is 0 Å². The third-order valence-electron chi connectivity index (χ3n) is 3.52. The van der Waals surface area contributed by atoms with Crippen LogP contribution in [0.15, 0.2) is 34.8 Å². The summed E-state index contributed by atoms with van der Waals surface area (Å²) in [6.45, 7) is -0.171. The Morgan fingerprint density at radius 3 is 2.64 bits per heavy atom. The molecule has 1 amide bonds. The summed E-state index contributed by atoms with van der Waals surface area (Å²) in [7, 11) is 2.95. The fraction of sp³-hybridized carbons (Fsp3) is 0.235. The molecule has 0 saturated carbocycles. The van der Waals surface area contributed by atoms with E-state index in [0.717, 1.165) is 12.1 Å². The van der Waals surface area contributed by atoms with E-state index in [-0.39, 0.29) is 22.3 Å². The number of phenolic OH excluding ortho intramolecular Hbond substituents is 1. The van der Waals surface area contributed by atoms with Gasteiger partial charge in [-0.2, -0.15) is 0 Å². The second-order valence-electron chi connectivity index (χ2n) is 5.12. The lowest BCUT2D eigenvalue weighted by Crippen LogP contribution is -2.28. The molecule has 6 nitrogen and oxygen atoms in total. The SMILES string of the molecule is COc1ccc(OC)c(C(O)CNC(=O)c2cc(F)cc(Br)c2O)c1. The van der Waals surface area contributed by atoms with Crippen molar-refractivity contribution in [1.29, 1.82) is 0 Å². The van der Waals surface area contributed by atoms with Crippen molar-refractivity contribution in [3.8, 4) is 17.2 Å². The van der Waals surface area contributed by atoms with E-state index < -0.39 is 17.8 Å². The molecular weight excluding hydrogens is 397 g/mol. The highest BCUT2D eigenvalue weighted by molar-refractivity contribution is 9.10. The van der Waals surface area contributed by atoms with Crippen LogP contribution in [-0.4, -0.2) is 36.9 Å². The van der Waals surface area contributed by atoms with Crippen molar-refractivity contribution in [2.75, 3.05) is 20.8 Å². The fourth-order valence-electron chi connectivity index (χ4n) is 2.23. The van der Waals surface area contributed by atoms with Gasteiger partial charge in [0.1, 0.15) is 29.2 Å². The Hall–Kier alpha value is -2.32. The molecule has 0 spiro atoms. The van der Waals surface area contributed by atoms with Crippen molar-refractivity contribution in [3.05, 3.63) is 51.7 Å². The Kier molecular flexibility index (Phi) is 6.22. The molecule has 0 aliphatic rings. The predicted molar refractivity (Wildman–Crippen MR) is 92.6 cm³/mol. The van der Waals surface area contributed by atoms with Crippen molar-refractivity contribution in [1.82, 2.24) is 5.32 Å². The number of phenols is 1. The van der Waals surface area contributed by atoms with Gasteiger partial charge in [-0.15, -0.1) is 0 Å². The van der Waals surface area contributed by atoms with Crippen LogP contribution in [0.5, 0.6) is 17.2 Å². The molecule has 1 atom stereocenters. The number of halogens is 2. The van der Waals surface area contributed by atoms with E-state index in [1.807, 2.05) is 0 Å². The zero-order valence-corrected chi connectivity index (χ0v) is 15.1. The van der Waals surface area contributed by atoms with Gasteiger partial charge in [-0.1, -0.05) is 0 Å². The largest absolute Gasteiger partial charge is 0.506 e. The minimum Gasteiger partial charge on any atom is -0.506 e. The normalized spacial score (nSPS) is 11.7. The number of benzene rings is 2. The summed E-state index contributed by atoms with van der Waals surface area (Å²) in [5.74, 6) is -0.831. The molecule has 0 bridgehead atoms. The Morgan fingerprint density at radius 1 is 1.28 bits per heavy atom. The summed E-state index contributed by atoms with van der Waals surface area (Å²) in [5, 5.41) is 22.6. The summed E-state index contributed by atoms with van der Waals surface area (Å²) < 4.78 is 23.8. The van der Waals surface area contributed by atoms with E-state index in [2.05, 4.69) is 21.2 Å². The summed E-state index contributed by atoms with van der Waals surface area (Å²) in [6.07, 6.45) is -1.09. The average Bonchev–Trinajstić information content (AvgIpc) is 2.61. The lowest BCUT2D eigenvalue weighted by Gasteiger charge is -2.17. The van der Waals surface area contributed by atoms with Crippen LogP contribution >= 0.6 is 15.9 Å². The molecule has 0 aliphatic carbocycles. The number of hydrogen-bond donors (Lipinski definition) is 3. The second-order valence-corrected chi connectivity index (χ2v) is 5.97. The van der Waals surface area contributed by atoms with Crippen molar-refractivity contribution in [3.63, 3.8) is 0 Å². The third-order valence-corrected chi connectivity index (χ3v) is 4.13. The van der Waals surface area contributed by atoms with Crippen LogP contribution in [0.4, 0.5) is 4.39 Å². The molecule has 0 fully saturated rings. The number of ether oxygens (including phenoxy) is 2. The number of amides is 1. The lowest BCUT2D eigenvalue weighted by molar-refractivity contribution is 0.0911. The van der Waals surface area contributed by atoms with Gasteiger partial charge < -0.3 is 25.0 Å². The topological polar surface area (TPSA) is 88.0 Å². The number of rotatable bonds is 6. The van der Waals surface area contributed by atoms with Crippen molar-refractivity contribution < 1.29 is 28.9 Å². The van der Waals surface area contributed by atoms with E-state index in [0.29, 0.717) is 17.1 Å². The molecule has 0 aromatic heterocycles. The van der Waals surface area contributed by atoms with Crippen LogP contribution in [0, 0.1) is 5.82 Å². The lowest BCUT2D eigenvalue weighted by atomic mass is 10.1. The summed E-state index contributed by atoms with van der Waals surface area (Å²) >= 11 is 2.97. The first-order valence-corrected chi connectivity index (χ1v) is 8.02. The highest BCUT2D eigenvalue weighted by atomic mass is 79.9. The van der Waals surface area contributed by atoms with E-state index >= 15 is 0 Å². The molecule has 2 aromatic carbocycles. The minimum absolute atomic E-state index is 0.0627. The number of carbonyl (C=O) groups excluding carboxylic acids is 1. The molecule has 134 valence electrons. The van der Waals surface area contributed by atoms with Crippen molar-refractivity contribution in [2.45, 2.75) is 6.10 Å². The quantitative estimate of drug-likeness (QED) is 0.677. The van der Waals surface area contributed by atoms with Crippen LogP contribution in [0.25, 0.3) is 0 Å². The van der Waals surface area contributed by atoms with Gasteiger partial charge in [0.05, 0.1) is 24.3 Å². The van der Waals surface area contributed by atoms with Gasteiger partial charge in [0.25, 0.3) is 5.91 Å². The molecule has 0 radical (unpaired) electrons. The number of aromatic hydroxyl groups is 1. The number of hydrogen-bond acceptors (Lipinski definition) is 5. The summed E-state index contributed by atoms with van der Waals surface area (Å²) in [4.78, 5) is 12.2. The van der Waals surface area contributed by atoms with E-state index in [9.17, 15) is 19.4 Å². The summed E-state index contributed by atoms with van der Waals surface area (Å²) in [5.41, 5.74) is 0.184. The smallest absolute Gasteiger partial charge is 0.255 e. The first-order chi connectivity index (χ1) is 11.9. The Labute approximate surface area is 152 Å². The van der Waals surface area contributed by atoms with E-state index in [1.165, 1.54) is 14.2 Å². The molecule has 1 unspecified atom stereocenters. The second kappa shape index (κ2) is 8.17. The monoisotopic (exact) mass is 413 g/mol. The zero-order valence-electron chi connectivity index (χ0n) is 13.5. The number of aliphatic hydroxyl groups is 1. The number of methoxy groups -OCH3 is 2. The first kappa shape index (κ1) is 19.0. The van der Waals surface area contributed by atoms with Crippen LogP contribution < -0.4 is 14.8 Å². The molecule has 0 saturated heterocycles. The molecule has 2 rings (SSSR count). The maximum absolute atomic E-state index is 13.4.